The summed E-state index contributed by atoms with van der Waals surface area (Å²) in [6.07, 6.45) is 9.81. The van der Waals surface area contributed by atoms with Crippen LogP contribution in [0.1, 0.15) is 87.3 Å². The van der Waals surface area contributed by atoms with Crippen LogP contribution in [0.2, 0.25) is 0 Å². The zero-order valence-corrected chi connectivity index (χ0v) is 16.0. The molecule has 3 rings (SSSR count). The van der Waals surface area contributed by atoms with E-state index in [1.807, 2.05) is 13.1 Å². The molecular formula is C20H34N4O. The van der Waals surface area contributed by atoms with Gasteiger partial charge in [0.2, 0.25) is 0 Å². The largest absolute Gasteiger partial charge is 0.346 e. The van der Waals surface area contributed by atoms with Crippen molar-refractivity contribution >= 4 is 5.91 Å². The molecule has 0 aromatic carbocycles. The van der Waals surface area contributed by atoms with E-state index in [4.69, 9.17) is 5.73 Å². The molecule has 0 saturated heterocycles. The fourth-order valence-electron chi connectivity index (χ4n) is 4.27. The van der Waals surface area contributed by atoms with Crippen LogP contribution in [0.25, 0.3) is 0 Å². The van der Waals surface area contributed by atoms with Crippen LogP contribution in [0.3, 0.4) is 0 Å². The van der Waals surface area contributed by atoms with Crippen molar-refractivity contribution in [3.8, 4) is 0 Å². The Morgan fingerprint density at radius 1 is 1.20 bits per heavy atom. The van der Waals surface area contributed by atoms with E-state index in [1.54, 1.807) is 4.68 Å². The summed E-state index contributed by atoms with van der Waals surface area (Å²) >= 11 is 0. The Balaban J connectivity index is 1.73. The highest BCUT2D eigenvalue weighted by atomic mass is 16.2. The molecule has 0 bridgehead atoms. The molecule has 0 spiro atoms. The molecule has 3 N–H and O–H groups in total. The van der Waals surface area contributed by atoms with Gasteiger partial charge < -0.3 is 11.1 Å². The average molecular weight is 347 g/mol. The number of hydrogen-bond acceptors (Lipinski definition) is 3. The number of nitrogens with two attached hydrogens (primary N) is 1. The maximum absolute atomic E-state index is 13.0. The van der Waals surface area contributed by atoms with Crippen molar-refractivity contribution in [3.63, 3.8) is 0 Å². The molecule has 2 aliphatic carbocycles. The van der Waals surface area contributed by atoms with E-state index < -0.39 is 0 Å². The lowest BCUT2D eigenvalue weighted by atomic mass is 9.78. The summed E-state index contributed by atoms with van der Waals surface area (Å²) in [5.74, 6) is 1.37. The Bertz CT molecular complexity index is 585. The first-order valence-electron chi connectivity index (χ1n) is 10.1. The van der Waals surface area contributed by atoms with Gasteiger partial charge in [0.15, 0.2) is 0 Å². The summed E-state index contributed by atoms with van der Waals surface area (Å²) in [5.41, 5.74) is 8.24. The summed E-state index contributed by atoms with van der Waals surface area (Å²) in [7, 11) is 1.87. The van der Waals surface area contributed by atoms with Crippen molar-refractivity contribution in [2.45, 2.75) is 83.2 Å². The normalized spacial score (nSPS) is 21.8. The highest BCUT2D eigenvalue weighted by Crippen LogP contribution is 2.35. The molecule has 2 atom stereocenters. The first-order chi connectivity index (χ1) is 12.0. The maximum atomic E-state index is 13.0. The van der Waals surface area contributed by atoms with Gasteiger partial charge in [-0.2, -0.15) is 5.10 Å². The third kappa shape index (κ3) is 4.08. The van der Waals surface area contributed by atoms with E-state index in [2.05, 4.69) is 24.3 Å². The number of aryl methyl sites for hydroxylation is 1. The van der Waals surface area contributed by atoms with Crippen LogP contribution in [0.5, 0.6) is 0 Å². The minimum absolute atomic E-state index is 0.00798. The van der Waals surface area contributed by atoms with E-state index in [0.29, 0.717) is 23.4 Å². The smallest absolute Gasteiger partial charge is 0.269 e. The summed E-state index contributed by atoms with van der Waals surface area (Å²) < 4.78 is 1.74. The highest BCUT2D eigenvalue weighted by Gasteiger charge is 2.32. The second-order valence-electron chi connectivity index (χ2n) is 8.42. The third-order valence-electron chi connectivity index (χ3n) is 6.29. The molecule has 0 radical (unpaired) electrons. The van der Waals surface area contributed by atoms with E-state index in [-0.39, 0.29) is 18.0 Å². The molecule has 1 aromatic heterocycles. The summed E-state index contributed by atoms with van der Waals surface area (Å²) in [6, 6.07) is 2.03. The van der Waals surface area contributed by atoms with Crippen molar-refractivity contribution in [1.29, 1.82) is 0 Å². The van der Waals surface area contributed by atoms with Crippen LogP contribution in [-0.4, -0.2) is 27.8 Å². The van der Waals surface area contributed by atoms with Gasteiger partial charge in [-0.3, -0.25) is 9.48 Å². The predicted octanol–water partition coefficient (Wildman–Crippen LogP) is 3.35. The van der Waals surface area contributed by atoms with Crippen molar-refractivity contribution in [1.82, 2.24) is 15.1 Å². The molecule has 0 aliphatic heterocycles. The highest BCUT2D eigenvalue weighted by molar-refractivity contribution is 5.93. The number of nitrogens with zero attached hydrogens (tertiary/aromatic N) is 2. The zero-order valence-electron chi connectivity index (χ0n) is 16.0. The fourth-order valence-corrected chi connectivity index (χ4v) is 4.27. The van der Waals surface area contributed by atoms with Gasteiger partial charge in [-0.15, -0.1) is 0 Å². The van der Waals surface area contributed by atoms with Crippen LogP contribution in [0, 0.1) is 11.8 Å². The first-order valence-corrected chi connectivity index (χ1v) is 10.1. The monoisotopic (exact) mass is 346 g/mol. The molecule has 5 heteroatoms. The van der Waals surface area contributed by atoms with E-state index in [9.17, 15) is 4.79 Å². The number of rotatable bonds is 6. The van der Waals surface area contributed by atoms with E-state index in [0.717, 1.165) is 5.69 Å². The number of hydrogen-bond donors (Lipinski definition) is 2. The number of carbonyl (C=O) groups excluding carboxylic acids is 1. The molecule has 140 valence electrons. The van der Waals surface area contributed by atoms with Gasteiger partial charge in [-0.05, 0) is 43.6 Å². The molecule has 5 nitrogen and oxygen atoms in total. The molecule has 1 amide bonds. The number of nitrogens with one attached hydrogen (secondary N) is 1. The Hall–Kier alpha value is -1.36. The van der Waals surface area contributed by atoms with Crippen LogP contribution in [0.15, 0.2) is 6.07 Å². The van der Waals surface area contributed by atoms with E-state index >= 15 is 0 Å². The summed E-state index contributed by atoms with van der Waals surface area (Å²) in [4.78, 5) is 13.0. The molecule has 2 saturated carbocycles. The molecular weight excluding hydrogens is 312 g/mol. The number of aromatic nitrogens is 2. The standard InChI is InChI=1S/C20H34N4O/c1-13(2)18(21)19(15-8-5-4-6-9-15)22-20(25)17-12-16(23-24(17)3)14-10-7-11-14/h12-15,18-19H,4-11,21H2,1-3H3,(H,22,25). The average Bonchev–Trinajstić information content (AvgIpc) is 2.92. The van der Waals surface area contributed by atoms with Crippen molar-refractivity contribution in [2.75, 3.05) is 0 Å². The molecule has 2 fully saturated rings. The number of carbonyl (C=O) groups is 1. The molecule has 1 heterocycles. The third-order valence-corrected chi connectivity index (χ3v) is 6.29. The van der Waals surface area contributed by atoms with Gasteiger partial charge in [0.25, 0.3) is 5.91 Å². The minimum atomic E-state index is -0.0211. The Morgan fingerprint density at radius 2 is 1.88 bits per heavy atom. The van der Waals surface area contributed by atoms with Crippen LogP contribution in [-0.2, 0) is 7.05 Å². The molecule has 1 aromatic rings. The van der Waals surface area contributed by atoms with Crippen LogP contribution in [0.4, 0.5) is 0 Å². The van der Waals surface area contributed by atoms with Gasteiger partial charge in [-0.25, -0.2) is 0 Å². The predicted molar refractivity (Wildman–Crippen MR) is 100 cm³/mol. The lowest BCUT2D eigenvalue weighted by Gasteiger charge is -2.36. The number of amides is 1. The van der Waals surface area contributed by atoms with Crippen molar-refractivity contribution < 1.29 is 4.79 Å². The van der Waals surface area contributed by atoms with Gasteiger partial charge in [0.1, 0.15) is 5.69 Å². The quantitative estimate of drug-likeness (QED) is 0.829. The lowest BCUT2D eigenvalue weighted by molar-refractivity contribution is 0.0882. The van der Waals surface area contributed by atoms with Gasteiger partial charge >= 0.3 is 0 Å². The molecule has 25 heavy (non-hydrogen) atoms. The lowest BCUT2D eigenvalue weighted by Crippen LogP contribution is -2.54. The molecule has 2 aliphatic rings. The Morgan fingerprint density at radius 3 is 2.44 bits per heavy atom. The van der Waals surface area contributed by atoms with Gasteiger partial charge in [0.05, 0.1) is 5.69 Å². The van der Waals surface area contributed by atoms with Crippen molar-refractivity contribution in [2.24, 2.45) is 24.6 Å². The Labute approximate surface area is 151 Å². The second-order valence-corrected chi connectivity index (χ2v) is 8.42. The second kappa shape index (κ2) is 7.90. The maximum Gasteiger partial charge on any atom is 0.269 e. The topological polar surface area (TPSA) is 72.9 Å². The van der Waals surface area contributed by atoms with Crippen LogP contribution >= 0.6 is 0 Å². The zero-order chi connectivity index (χ0) is 18.0. The first kappa shape index (κ1) is 18.4. The summed E-state index contributed by atoms with van der Waals surface area (Å²) in [5, 5.41) is 7.87. The minimum Gasteiger partial charge on any atom is -0.346 e. The van der Waals surface area contributed by atoms with Gasteiger partial charge in [0, 0.05) is 25.0 Å². The SMILES string of the molecule is CC(C)C(N)C(NC(=O)c1cc(C2CCC2)nn1C)C1CCCCC1. The fraction of sp³-hybridized carbons (Fsp3) is 0.800. The molecule has 2 unspecified atom stereocenters. The van der Waals surface area contributed by atoms with Crippen LogP contribution < -0.4 is 11.1 Å². The van der Waals surface area contributed by atoms with Crippen molar-refractivity contribution in [3.05, 3.63) is 17.5 Å². The Kier molecular flexibility index (Phi) is 5.82. The van der Waals surface area contributed by atoms with E-state index in [1.165, 1.54) is 51.4 Å². The van der Waals surface area contributed by atoms with Gasteiger partial charge in [-0.1, -0.05) is 39.5 Å². The summed E-state index contributed by atoms with van der Waals surface area (Å²) in [6.45, 7) is 4.29.